The van der Waals surface area contributed by atoms with E-state index in [0.717, 1.165) is 5.56 Å². The number of hydrogen-bond acceptors (Lipinski definition) is 7. The highest BCUT2D eigenvalue weighted by atomic mass is 16.7. The van der Waals surface area contributed by atoms with Gasteiger partial charge >= 0.3 is 5.97 Å². The zero-order valence-corrected chi connectivity index (χ0v) is 13.4. The molecule has 2 aliphatic rings. The van der Waals surface area contributed by atoms with E-state index in [4.69, 9.17) is 9.57 Å². The Bertz CT molecular complexity index is 688. The summed E-state index contributed by atoms with van der Waals surface area (Å²) < 4.78 is 4.84. The second kappa shape index (κ2) is 6.88. The largest absolute Gasteiger partial charge is 0.508 e. The van der Waals surface area contributed by atoms with Gasteiger partial charge in [-0.2, -0.15) is 5.06 Å². The van der Waals surface area contributed by atoms with Gasteiger partial charge in [0, 0.05) is 18.5 Å². The van der Waals surface area contributed by atoms with Crippen LogP contribution in [0, 0.1) is 0 Å². The number of benzene rings is 1. The quantitative estimate of drug-likeness (QED) is 0.623. The molecule has 1 aromatic rings. The van der Waals surface area contributed by atoms with E-state index in [1.54, 1.807) is 30.0 Å². The average Bonchev–Trinajstić information content (AvgIpc) is 2.84. The Labute approximate surface area is 139 Å². The number of ether oxygens (including phenoxy) is 1. The van der Waals surface area contributed by atoms with Crippen LogP contribution in [0.15, 0.2) is 23.2 Å². The molecule has 1 fully saturated rings. The number of aromatic hydroxyl groups is 1. The predicted molar refractivity (Wildman–Crippen MR) is 84.3 cm³/mol. The van der Waals surface area contributed by atoms with Gasteiger partial charge in [0.05, 0.1) is 18.9 Å². The lowest BCUT2D eigenvalue weighted by molar-refractivity contribution is -0.159. The number of phenols is 1. The number of rotatable bonds is 6. The van der Waals surface area contributed by atoms with Gasteiger partial charge < -0.3 is 14.7 Å². The number of hydroxylamine groups is 2. The van der Waals surface area contributed by atoms with Gasteiger partial charge in [0.1, 0.15) is 12.3 Å². The third-order valence-corrected chi connectivity index (χ3v) is 3.71. The van der Waals surface area contributed by atoms with Gasteiger partial charge in [-0.1, -0.05) is 0 Å². The number of aliphatic imine (C=N–C) groups is 1. The van der Waals surface area contributed by atoms with Crippen molar-refractivity contribution in [3.05, 3.63) is 23.8 Å². The average molecular weight is 333 g/mol. The number of nitrogens with zero attached hydrogens (tertiary/aromatic N) is 3. The summed E-state index contributed by atoms with van der Waals surface area (Å²) >= 11 is 0. The fourth-order valence-corrected chi connectivity index (χ4v) is 2.64. The van der Waals surface area contributed by atoms with Crippen molar-refractivity contribution in [2.24, 2.45) is 4.99 Å². The van der Waals surface area contributed by atoms with E-state index in [-0.39, 0.29) is 37.2 Å². The molecule has 1 N–H and O–H groups in total. The zero-order chi connectivity index (χ0) is 17.1. The van der Waals surface area contributed by atoms with Crippen molar-refractivity contribution in [1.82, 2.24) is 9.96 Å². The smallest absolute Gasteiger partial charge is 0.305 e. The highest BCUT2D eigenvalue weighted by Gasteiger charge is 2.38. The predicted octanol–water partition coefficient (Wildman–Crippen LogP) is 1.31. The number of phenolic OH excluding ortho intramolecular Hbond substituents is 1. The van der Waals surface area contributed by atoms with Crippen molar-refractivity contribution in [3.8, 4) is 5.75 Å². The van der Waals surface area contributed by atoms with Gasteiger partial charge in [-0.25, -0.2) is 4.99 Å². The number of esters is 1. The van der Waals surface area contributed by atoms with Crippen LogP contribution in [0.25, 0.3) is 0 Å². The molecule has 1 amide bonds. The Morgan fingerprint density at radius 3 is 3.00 bits per heavy atom. The highest BCUT2D eigenvalue weighted by Crippen LogP contribution is 2.32. The van der Waals surface area contributed by atoms with Gasteiger partial charge in [-0.05, 0) is 31.5 Å². The summed E-state index contributed by atoms with van der Waals surface area (Å²) in [5.74, 6) is 0.125. The van der Waals surface area contributed by atoms with Crippen LogP contribution in [0.4, 0.5) is 5.69 Å². The Kier molecular flexibility index (Phi) is 4.66. The van der Waals surface area contributed by atoms with Crippen molar-refractivity contribution in [1.29, 1.82) is 0 Å². The van der Waals surface area contributed by atoms with Crippen molar-refractivity contribution < 1.29 is 24.3 Å². The van der Waals surface area contributed by atoms with Crippen LogP contribution in [-0.4, -0.2) is 52.7 Å². The van der Waals surface area contributed by atoms with E-state index < -0.39 is 0 Å². The zero-order valence-electron chi connectivity index (χ0n) is 13.4. The number of fused-ring (bicyclic) bond motifs is 2. The van der Waals surface area contributed by atoms with Crippen molar-refractivity contribution in [3.63, 3.8) is 0 Å². The van der Waals surface area contributed by atoms with E-state index in [9.17, 15) is 14.7 Å². The molecule has 1 aromatic carbocycles. The lowest BCUT2D eigenvalue weighted by Crippen LogP contribution is -2.36. The first-order valence-electron chi connectivity index (χ1n) is 7.85. The summed E-state index contributed by atoms with van der Waals surface area (Å²) in [6, 6.07) is 4.90. The molecule has 0 saturated carbocycles. The lowest BCUT2D eigenvalue weighted by Gasteiger charge is -2.25. The molecule has 0 atom stereocenters. The van der Waals surface area contributed by atoms with Gasteiger partial charge in [-0.3, -0.25) is 14.4 Å². The standard InChI is InChI=1S/C16H19N3O5/c1-2-23-15(22)4-3-7-24-19-14(21)10-18-9-11-8-12(20)5-6-13(11)17-16(18)19/h5-6,8,20H,2-4,7,9-10H2,1H3. The number of carbonyl (C=O) groups excluding carboxylic acids is 2. The van der Waals surface area contributed by atoms with Crippen molar-refractivity contribution in [2.45, 2.75) is 26.3 Å². The van der Waals surface area contributed by atoms with Gasteiger partial charge in [0.2, 0.25) is 5.96 Å². The van der Waals surface area contributed by atoms with Crippen LogP contribution in [-0.2, 0) is 25.7 Å². The molecule has 24 heavy (non-hydrogen) atoms. The molecule has 0 bridgehead atoms. The Hall–Kier alpha value is -2.61. The minimum absolute atomic E-state index is 0.171. The van der Waals surface area contributed by atoms with Gasteiger partial charge in [-0.15, -0.1) is 0 Å². The van der Waals surface area contributed by atoms with E-state index in [2.05, 4.69) is 4.99 Å². The Balaban J connectivity index is 1.63. The molecule has 128 valence electrons. The number of carbonyl (C=O) groups is 2. The summed E-state index contributed by atoms with van der Waals surface area (Å²) in [4.78, 5) is 35.1. The SMILES string of the molecule is CCOC(=O)CCCON1C(=O)CN2Cc3cc(O)ccc3N=C21. The molecule has 0 spiro atoms. The minimum atomic E-state index is -0.279. The lowest BCUT2D eigenvalue weighted by atomic mass is 10.1. The van der Waals surface area contributed by atoms with Crippen molar-refractivity contribution in [2.75, 3.05) is 19.8 Å². The minimum Gasteiger partial charge on any atom is -0.508 e. The van der Waals surface area contributed by atoms with Crippen LogP contribution in [0.1, 0.15) is 25.3 Å². The fourth-order valence-electron chi connectivity index (χ4n) is 2.64. The van der Waals surface area contributed by atoms with E-state index in [1.165, 1.54) is 5.06 Å². The van der Waals surface area contributed by atoms with Gasteiger partial charge in [0.15, 0.2) is 0 Å². The summed E-state index contributed by atoms with van der Waals surface area (Å²) in [7, 11) is 0. The Morgan fingerprint density at radius 2 is 2.21 bits per heavy atom. The fraction of sp³-hybridized carbons (Fsp3) is 0.438. The monoisotopic (exact) mass is 333 g/mol. The maximum Gasteiger partial charge on any atom is 0.305 e. The van der Waals surface area contributed by atoms with Gasteiger partial charge in [0.25, 0.3) is 5.91 Å². The summed E-state index contributed by atoms with van der Waals surface area (Å²) in [5, 5.41) is 10.7. The summed E-state index contributed by atoms with van der Waals surface area (Å²) in [6.45, 7) is 2.98. The van der Waals surface area contributed by atoms with Crippen LogP contribution < -0.4 is 0 Å². The number of amides is 1. The molecule has 2 heterocycles. The van der Waals surface area contributed by atoms with Crippen molar-refractivity contribution >= 4 is 23.5 Å². The molecule has 0 radical (unpaired) electrons. The molecule has 8 nitrogen and oxygen atoms in total. The number of guanidine groups is 1. The Morgan fingerprint density at radius 1 is 1.38 bits per heavy atom. The molecule has 1 saturated heterocycles. The molecule has 0 aliphatic carbocycles. The number of hydrogen-bond donors (Lipinski definition) is 1. The molecular formula is C16H19N3O5. The topological polar surface area (TPSA) is 91.7 Å². The second-order valence-corrected chi connectivity index (χ2v) is 5.51. The normalized spacial score (nSPS) is 15.9. The molecular weight excluding hydrogens is 314 g/mol. The van der Waals surface area contributed by atoms with Crippen LogP contribution in [0.2, 0.25) is 0 Å². The molecule has 0 aromatic heterocycles. The third kappa shape index (κ3) is 3.33. The van der Waals surface area contributed by atoms with Crippen LogP contribution in [0.5, 0.6) is 5.75 Å². The van der Waals surface area contributed by atoms with E-state index in [0.29, 0.717) is 31.2 Å². The second-order valence-electron chi connectivity index (χ2n) is 5.51. The molecule has 3 rings (SSSR count). The maximum atomic E-state index is 12.1. The molecule has 2 aliphatic heterocycles. The molecule has 8 heteroatoms. The third-order valence-electron chi connectivity index (χ3n) is 3.71. The first-order chi connectivity index (χ1) is 11.6. The highest BCUT2D eigenvalue weighted by molar-refractivity contribution is 6.04. The maximum absolute atomic E-state index is 12.1. The first-order valence-corrected chi connectivity index (χ1v) is 7.85. The summed E-state index contributed by atoms with van der Waals surface area (Å²) in [5.41, 5.74) is 1.56. The van der Waals surface area contributed by atoms with E-state index >= 15 is 0 Å². The van der Waals surface area contributed by atoms with Crippen LogP contribution in [0.3, 0.4) is 0 Å². The first kappa shape index (κ1) is 16.3. The van der Waals surface area contributed by atoms with E-state index in [1.807, 2.05) is 0 Å². The summed E-state index contributed by atoms with van der Waals surface area (Å²) in [6.07, 6.45) is 0.703. The van der Waals surface area contributed by atoms with Crippen LogP contribution >= 0.6 is 0 Å². The molecule has 0 unspecified atom stereocenters.